The van der Waals surface area contributed by atoms with Gasteiger partial charge in [-0.1, -0.05) is 19.1 Å². The number of hydrogen-bond donors (Lipinski definition) is 2. The van der Waals surface area contributed by atoms with Gasteiger partial charge in [0.05, 0.1) is 12.0 Å². The molecule has 0 aliphatic carbocycles. The molecule has 1 unspecified atom stereocenters. The van der Waals surface area contributed by atoms with Crippen LogP contribution in [0.5, 0.6) is 0 Å². The van der Waals surface area contributed by atoms with Crippen LogP contribution in [-0.2, 0) is 4.79 Å². The van der Waals surface area contributed by atoms with Crippen molar-refractivity contribution >= 4 is 11.9 Å². The van der Waals surface area contributed by atoms with Gasteiger partial charge in [-0.25, -0.2) is 4.79 Å². The monoisotopic (exact) mass is 208 g/mol. The number of benzene rings is 1. The van der Waals surface area contributed by atoms with E-state index in [1.165, 1.54) is 12.1 Å². The Morgan fingerprint density at radius 1 is 1.33 bits per heavy atom. The fourth-order valence-electron chi connectivity index (χ4n) is 1.36. The Kier molecular flexibility index (Phi) is 3.44. The third-order valence-electron chi connectivity index (χ3n) is 2.18. The van der Waals surface area contributed by atoms with E-state index < -0.39 is 11.9 Å². The third-order valence-corrected chi connectivity index (χ3v) is 2.18. The van der Waals surface area contributed by atoms with Gasteiger partial charge in [-0.3, -0.25) is 4.79 Å². The molecule has 0 aromatic heterocycles. The number of carboxylic acids is 2. The molecule has 0 bridgehead atoms. The molecule has 15 heavy (non-hydrogen) atoms. The molecule has 0 heterocycles. The summed E-state index contributed by atoms with van der Waals surface area (Å²) in [6, 6.07) is 6.35. The highest BCUT2D eigenvalue weighted by atomic mass is 16.4. The van der Waals surface area contributed by atoms with E-state index in [4.69, 9.17) is 10.2 Å². The molecule has 0 aliphatic heterocycles. The second-order valence-corrected chi connectivity index (χ2v) is 3.43. The Morgan fingerprint density at radius 2 is 2.00 bits per heavy atom. The molecule has 1 rings (SSSR count). The van der Waals surface area contributed by atoms with E-state index in [1.807, 2.05) is 0 Å². The van der Waals surface area contributed by atoms with Crippen molar-refractivity contribution in [3.05, 3.63) is 35.4 Å². The molecule has 0 saturated carbocycles. The van der Waals surface area contributed by atoms with Crippen LogP contribution in [0.15, 0.2) is 24.3 Å². The van der Waals surface area contributed by atoms with Crippen LogP contribution in [0.25, 0.3) is 0 Å². The van der Waals surface area contributed by atoms with Gasteiger partial charge in [-0.2, -0.15) is 0 Å². The lowest BCUT2D eigenvalue weighted by Gasteiger charge is -2.09. The van der Waals surface area contributed by atoms with E-state index in [0.717, 1.165) is 5.56 Å². The first-order valence-corrected chi connectivity index (χ1v) is 4.55. The maximum absolute atomic E-state index is 10.7. The summed E-state index contributed by atoms with van der Waals surface area (Å²) < 4.78 is 0. The molecule has 0 aliphatic rings. The SMILES string of the molecule is CC(CC(=O)O)c1cccc(C(=O)O)c1. The first kappa shape index (κ1) is 11.2. The van der Waals surface area contributed by atoms with Gasteiger partial charge in [0.1, 0.15) is 0 Å². The van der Waals surface area contributed by atoms with Gasteiger partial charge in [0, 0.05) is 0 Å². The van der Waals surface area contributed by atoms with Crippen molar-refractivity contribution in [2.75, 3.05) is 0 Å². The first-order chi connectivity index (χ1) is 7.00. The summed E-state index contributed by atoms with van der Waals surface area (Å²) in [5.41, 5.74) is 0.919. The largest absolute Gasteiger partial charge is 0.481 e. The molecule has 2 N–H and O–H groups in total. The Morgan fingerprint density at radius 3 is 2.53 bits per heavy atom. The number of aromatic carboxylic acids is 1. The van der Waals surface area contributed by atoms with Crippen LogP contribution < -0.4 is 0 Å². The van der Waals surface area contributed by atoms with Crippen LogP contribution in [0.2, 0.25) is 0 Å². The minimum absolute atomic E-state index is 0.00305. The first-order valence-electron chi connectivity index (χ1n) is 4.55. The Bertz CT molecular complexity index is 384. The summed E-state index contributed by atoms with van der Waals surface area (Å²) in [6.07, 6.45) is 0.00305. The van der Waals surface area contributed by atoms with Crippen LogP contribution in [0.1, 0.15) is 35.2 Å². The average molecular weight is 208 g/mol. The molecule has 1 atom stereocenters. The lowest BCUT2D eigenvalue weighted by molar-refractivity contribution is -0.137. The highest BCUT2D eigenvalue weighted by molar-refractivity contribution is 5.87. The predicted molar refractivity (Wildman–Crippen MR) is 54.1 cm³/mol. The predicted octanol–water partition coefficient (Wildman–Crippen LogP) is 1.96. The van der Waals surface area contributed by atoms with Crippen LogP contribution >= 0.6 is 0 Å². The van der Waals surface area contributed by atoms with Crippen molar-refractivity contribution in [2.45, 2.75) is 19.3 Å². The van der Waals surface area contributed by atoms with Crippen molar-refractivity contribution in [1.82, 2.24) is 0 Å². The molecular weight excluding hydrogens is 196 g/mol. The molecule has 0 fully saturated rings. The normalized spacial score (nSPS) is 12.1. The summed E-state index contributed by atoms with van der Waals surface area (Å²) in [5, 5.41) is 17.4. The summed E-state index contributed by atoms with van der Waals surface area (Å²) in [6.45, 7) is 1.76. The fraction of sp³-hybridized carbons (Fsp3) is 0.273. The fourth-order valence-corrected chi connectivity index (χ4v) is 1.36. The van der Waals surface area contributed by atoms with Gasteiger partial charge in [0.2, 0.25) is 0 Å². The lowest BCUT2D eigenvalue weighted by Crippen LogP contribution is -2.04. The highest BCUT2D eigenvalue weighted by Crippen LogP contribution is 2.19. The second kappa shape index (κ2) is 4.59. The Labute approximate surface area is 87.2 Å². The van der Waals surface area contributed by atoms with Gasteiger partial charge in [0.25, 0.3) is 0 Å². The van der Waals surface area contributed by atoms with E-state index in [0.29, 0.717) is 0 Å². The number of carboxylic acid groups (broad SMARTS) is 2. The molecule has 1 aromatic carbocycles. The molecule has 4 heteroatoms. The van der Waals surface area contributed by atoms with Gasteiger partial charge >= 0.3 is 11.9 Å². The van der Waals surface area contributed by atoms with Crippen LogP contribution in [0.3, 0.4) is 0 Å². The van der Waals surface area contributed by atoms with Crippen LogP contribution in [0, 0.1) is 0 Å². The summed E-state index contributed by atoms with van der Waals surface area (Å²) in [4.78, 5) is 21.2. The minimum atomic E-state index is -1.00. The van der Waals surface area contributed by atoms with Gasteiger partial charge in [-0.05, 0) is 23.6 Å². The maximum atomic E-state index is 10.7. The molecule has 0 radical (unpaired) electrons. The Balaban J connectivity index is 2.89. The zero-order valence-corrected chi connectivity index (χ0v) is 8.30. The number of hydrogen-bond acceptors (Lipinski definition) is 2. The molecule has 1 aromatic rings. The second-order valence-electron chi connectivity index (χ2n) is 3.43. The van der Waals surface area contributed by atoms with Crippen molar-refractivity contribution in [3.63, 3.8) is 0 Å². The van der Waals surface area contributed by atoms with Crippen molar-refractivity contribution in [1.29, 1.82) is 0 Å². The zero-order chi connectivity index (χ0) is 11.4. The number of carbonyl (C=O) groups is 2. The van der Waals surface area contributed by atoms with E-state index >= 15 is 0 Å². The highest BCUT2D eigenvalue weighted by Gasteiger charge is 2.11. The van der Waals surface area contributed by atoms with Crippen molar-refractivity contribution in [3.8, 4) is 0 Å². The average Bonchev–Trinajstić information content (AvgIpc) is 2.17. The third kappa shape index (κ3) is 3.09. The van der Waals surface area contributed by atoms with Crippen molar-refractivity contribution < 1.29 is 19.8 Å². The molecule has 4 nitrogen and oxygen atoms in total. The van der Waals surface area contributed by atoms with E-state index in [1.54, 1.807) is 19.1 Å². The van der Waals surface area contributed by atoms with E-state index in [2.05, 4.69) is 0 Å². The van der Waals surface area contributed by atoms with Gasteiger partial charge in [-0.15, -0.1) is 0 Å². The topological polar surface area (TPSA) is 74.6 Å². The minimum Gasteiger partial charge on any atom is -0.481 e. The summed E-state index contributed by atoms with van der Waals surface area (Å²) >= 11 is 0. The van der Waals surface area contributed by atoms with Crippen LogP contribution in [-0.4, -0.2) is 22.2 Å². The Hall–Kier alpha value is -1.84. The summed E-state index contributed by atoms with van der Waals surface area (Å²) in [5.74, 6) is -2.07. The molecule has 0 amide bonds. The number of rotatable bonds is 4. The molecular formula is C11H12O4. The molecule has 0 saturated heterocycles. The quantitative estimate of drug-likeness (QED) is 0.793. The maximum Gasteiger partial charge on any atom is 0.335 e. The smallest absolute Gasteiger partial charge is 0.335 e. The standard InChI is InChI=1S/C11H12O4/c1-7(5-10(12)13)8-3-2-4-9(6-8)11(14)15/h2-4,6-7H,5H2,1H3,(H,12,13)(H,14,15). The van der Waals surface area contributed by atoms with E-state index in [-0.39, 0.29) is 17.9 Å². The lowest BCUT2D eigenvalue weighted by atomic mass is 9.96. The molecule has 80 valence electrons. The van der Waals surface area contributed by atoms with Crippen LogP contribution in [0.4, 0.5) is 0 Å². The number of aliphatic carboxylic acids is 1. The zero-order valence-electron chi connectivity index (χ0n) is 8.30. The van der Waals surface area contributed by atoms with Gasteiger partial charge < -0.3 is 10.2 Å². The van der Waals surface area contributed by atoms with Gasteiger partial charge in [0.15, 0.2) is 0 Å². The van der Waals surface area contributed by atoms with Crippen molar-refractivity contribution in [2.24, 2.45) is 0 Å². The molecule has 0 spiro atoms. The van der Waals surface area contributed by atoms with E-state index in [9.17, 15) is 9.59 Å². The summed E-state index contributed by atoms with van der Waals surface area (Å²) in [7, 11) is 0.